The van der Waals surface area contributed by atoms with Gasteiger partial charge in [-0.2, -0.15) is 0 Å². The van der Waals surface area contributed by atoms with E-state index in [2.05, 4.69) is 15.9 Å². The Hall–Kier alpha value is -1.07. The average Bonchev–Trinajstić information content (AvgIpc) is 2.28. The topological polar surface area (TPSA) is 55.8 Å². The fourth-order valence-electron chi connectivity index (χ4n) is 1.34. The number of aliphatic hydroxyl groups is 1. The second-order valence-corrected chi connectivity index (χ2v) is 4.00. The number of methoxy groups -OCH3 is 2. The van der Waals surface area contributed by atoms with Gasteiger partial charge < -0.3 is 19.4 Å². The van der Waals surface area contributed by atoms with E-state index < -0.39 is 6.10 Å². The van der Waals surface area contributed by atoms with E-state index in [9.17, 15) is 9.90 Å². The molecule has 0 aromatic heterocycles. The van der Waals surface area contributed by atoms with Crippen LogP contribution in [0, 0.1) is 0 Å². The molecule has 0 radical (unpaired) electrons. The third-order valence-electron chi connectivity index (χ3n) is 2.18. The summed E-state index contributed by atoms with van der Waals surface area (Å²) >= 11 is 3.31. The second kappa shape index (κ2) is 5.86. The summed E-state index contributed by atoms with van der Waals surface area (Å²) in [7, 11) is 3.05. The molecule has 1 aromatic carbocycles. The number of aliphatic hydroxyl groups excluding tert-OH is 1. The molecular weight excluding hydrogens is 276 g/mol. The molecule has 0 aliphatic heterocycles. The molecule has 0 amide bonds. The summed E-state index contributed by atoms with van der Waals surface area (Å²) in [6.45, 7) is 0. The van der Waals surface area contributed by atoms with Crippen LogP contribution in [-0.2, 0) is 4.79 Å². The van der Waals surface area contributed by atoms with Crippen LogP contribution >= 0.6 is 15.9 Å². The fraction of sp³-hybridized carbons (Fsp3) is 0.364. The van der Waals surface area contributed by atoms with E-state index in [4.69, 9.17) is 9.47 Å². The smallest absolute Gasteiger partial charge is 0.161 e. The van der Waals surface area contributed by atoms with Gasteiger partial charge in [-0.1, -0.05) is 15.9 Å². The first kappa shape index (κ1) is 13.0. The fourth-order valence-corrected chi connectivity index (χ4v) is 1.93. The molecule has 88 valence electrons. The predicted octanol–water partition coefficient (Wildman–Crippen LogP) is 2.09. The lowest BCUT2D eigenvalue weighted by atomic mass is 10.1. The molecule has 0 aliphatic rings. The Morgan fingerprint density at radius 2 is 1.94 bits per heavy atom. The van der Waals surface area contributed by atoms with Crippen molar-refractivity contribution in [1.82, 2.24) is 0 Å². The molecule has 0 bridgehead atoms. The van der Waals surface area contributed by atoms with Crippen molar-refractivity contribution in [1.29, 1.82) is 0 Å². The lowest BCUT2D eigenvalue weighted by Gasteiger charge is -2.14. The Morgan fingerprint density at radius 1 is 1.38 bits per heavy atom. The Morgan fingerprint density at radius 3 is 2.44 bits per heavy atom. The first-order valence-corrected chi connectivity index (χ1v) is 5.46. The predicted molar refractivity (Wildman–Crippen MR) is 62.9 cm³/mol. The summed E-state index contributed by atoms with van der Waals surface area (Å²) < 4.78 is 10.9. The largest absolute Gasteiger partial charge is 0.493 e. The van der Waals surface area contributed by atoms with Crippen molar-refractivity contribution in [3.63, 3.8) is 0 Å². The standard InChI is InChI=1S/C11H13BrO4/c1-15-10-5-7(9(14)3-4-13)8(12)6-11(10)16-2/h4-6,9,14H,3H2,1-2H3. The average molecular weight is 289 g/mol. The van der Waals surface area contributed by atoms with Crippen LogP contribution < -0.4 is 9.47 Å². The zero-order valence-corrected chi connectivity index (χ0v) is 10.7. The monoisotopic (exact) mass is 288 g/mol. The van der Waals surface area contributed by atoms with E-state index in [-0.39, 0.29) is 6.42 Å². The number of ether oxygens (including phenoxy) is 2. The third-order valence-corrected chi connectivity index (χ3v) is 2.87. The van der Waals surface area contributed by atoms with E-state index in [1.807, 2.05) is 0 Å². The van der Waals surface area contributed by atoms with Gasteiger partial charge in [-0.05, 0) is 17.7 Å². The maximum atomic E-state index is 10.3. The summed E-state index contributed by atoms with van der Waals surface area (Å²) in [6, 6.07) is 3.35. The van der Waals surface area contributed by atoms with Crippen molar-refractivity contribution in [3.05, 3.63) is 22.2 Å². The first-order valence-electron chi connectivity index (χ1n) is 4.67. The molecule has 1 rings (SSSR count). The number of halogens is 1. The van der Waals surface area contributed by atoms with E-state index in [0.717, 1.165) is 0 Å². The van der Waals surface area contributed by atoms with Gasteiger partial charge in [0, 0.05) is 10.9 Å². The van der Waals surface area contributed by atoms with Crippen LogP contribution in [-0.4, -0.2) is 25.6 Å². The molecule has 0 aliphatic carbocycles. The van der Waals surface area contributed by atoms with Crippen molar-refractivity contribution in [2.24, 2.45) is 0 Å². The van der Waals surface area contributed by atoms with Gasteiger partial charge in [0.1, 0.15) is 6.29 Å². The van der Waals surface area contributed by atoms with Crippen molar-refractivity contribution >= 4 is 22.2 Å². The lowest BCUT2D eigenvalue weighted by molar-refractivity contribution is -0.109. The normalized spacial score (nSPS) is 12.0. The highest BCUT2D eigenvalue weighted by atomic mass is 79.9. The van der Waals surface area contributed by atoms with E-state index >= 15 is 0 Å². The number of carbonyl (C=O) groups is 1. The summed E-state index contributed by atoms with van der Waals surface area (Å²) in [5.41, 5.74) is 0.602. The minimum absolute atomic E-state index is 0.0497. The van der Waals surface area contributed by atoms with Gasteiger partial charge in [0.2, 0.25) is 0 Å². The van der Waals surface area contributed by atoms with Crippen LogP contribution in [0.3, 0.4) is 0 Å². The third kappa shape index (κ3) is 2.74. The quantitative estimate of drug-likeness (QED) is 0.843. The minimum atomic E-state index is -0.841. The molecular formula is C11H13BrO4. The Kier molecular flexibility index (Phi) is 4.76. The molecule has 1 aromatic rings. The van der Waals surface area contributed by atoms with E-state index in [1.54, 1.807) is 12.1 Å². The molecule has 1 unspecified atom stereocenters. The van der Waals surface area contributed by atoms with Crippen molar-refractivity contribution in [2.45, 2.75) is 12.5 Å². The first-order chi connectivity index (χ1) is 7.63. The maximum absolute atomic E-state index is 10.3. The molecule has 0 saturated carbocycles. The summed E-state index contributed by atoms with van der Waals surface area (Å²) in [6.07, 6.45) is -0.117. The zero-order valence-electron chi connectivity index (χ0n) is 9.07. The van der Waals surface area contributed by atoms with Crippen molar-refractivity contribution in [2.75, 3.05) is 14.2 Å². The number of hydrogen-bond donors (Lipinski definition) is 1. The highest BCUT2D eigenvalue weighted by molar-refractivity contribution is 9.10. The molecule has 0 fully saturated rings. The minimum Gasteiger partial charge on any atom is -0.493 e. The second-order valence-electron chi connectivity index (χ2n) is 3.15. The van der Waals surface area contributed by atoms with E-state index in [1.165, 1.54) is 14.2 Å². The van der Waals surface area contributed by atoms with Gasteiger partial charge in [0.05, 0.1) is 20.3 Å². The SMILES string of the molecule is COc1cc(Br)c(C(O)CC=O)cc1OC. The van der Waals surface area contributed by atoms with Gasteiger partial charge in [0.25, 0.3) is 0 Å². The van der Waals surface area contributed by atoms with Crippen molar-refractivity contribution in [3.8, 4) is 11.5 Å². The molecule has 4 nitrogen and oxygen atoms in total. The van der Waals surface area contributed by atoms with Crippen LogP contribution in [0.4, 0.5) is 0 Å². The zero-order chi connectivity index (χ0) is 12.1. The Bertz CT molecular complexity index is 378. The Labute approximate surface area is 102 Å². The maximum Gasteiger partial charge on any atom is 0.161 e. The van der Waals surface area contributed by atoms with Gasteiger partial charge in [0.15, 0.2) is 11.5 Å². The number of aldehydes is 1. The van der Waals surface area contributed by atoms with Gasteiger partial charge in [-0.25, -0.2) is 0 Å². The molecule has 16 heavy (non-hydrogen) atoms. The molecule has 5 heteroatoms. The van der Waals surface area contributed by atoms with Crippen LogP contribution in [0.15, 0.2) is 16.6 Å². The number of carbonyl (C=O) groups excluding carboxylic acids is 1. The number of benzene rings is 1. The molecule has 0 heterocycles. The van der Waals surface area contributed by atoms with Crippen LogP contribution in [0.1, 0.15) is 18.1 Å². The summed E-state index contributed by atoms with van der Waals surface area (Å²) in [5.74, 6) is 1.09. The summed E-state index contributed by atoms with van der Waals surface area (Å²) in [5, 5.41) is 9.73. The van der Waals surface area contributed by atoms with E-state index in [0.29, 0.717) is 27.8 Å². The Balaban J connectivity index is 3.15. The highest BCUT2D eigenvalue weighted by Crippen LogP contribution is 2.36. The highest BCUT2D eigenvalue weighted by Gasteiger charge is 2.15. The molecule has 1 atom stereocenters. The molecule has 0 saturated heterocycles. The van der Waals surface area contributed by atoms with Crippen LogP contribution in [0.2, 0.25) is 0 Å². The van der Waals surface area contributed by atoms with Gasteiger partial charge >= 0.3 is 0 Å². The lowest BCUT2D eigenvalue weighted by Crippen LogP contribution is -2.01. The van der Waals surface area contributed by atoms with Crippen LogP contribution in [0.25, 0.3) is 0 Å². The van der Waals surface area contributed by atoms with Gasteiger partial charge in [-0.3, -0.25) is 0 Å². The molecule has 1 N–H and O–H groups in total. The number of rotatable bonds is 5. The van der Waals surface area contributed by atoms with Gasteiger partial charge in [-0.15, -0.1) is 0 Å². The summed E-state index contributed by atoms with van der Waals surface area (Å²) in [4.78, 5) is 10.3. The van der Waals surface area contributed by atoms with Crippen LogP contribution in [0.5, 0.6) is 11.5 Å². The molecule has 0 spiro atoms. The number of hydrogen-bond acceptors (Lipinski definition) is 4. The van der Waals surface area contributed by atoms with Crippen molar-refractivity contribution < 1.29 is 19.4 Å².